The predicted octanol–water partition coefficient (Wildman–Crippen LogP) is 4.17. The van der Waals surface area contributed by atoms with E-state index in [0.29, 0.717) is 23.5 Å². The first-order chi connectivity index (χ1) is 12.5. The van der Waals surface area contributed by atoms with Gasteiger partial charge in [0.1, 0.15) is 5.75 Å². The first kappa shape index (κ1) is 18.5. The molecule has 0 bridgehead atoms. The third-order valence-corrected chi connectivity index (χ3v) is 5.53. The van der Waals surface area contributed by atoms with E-state index in [1.54, 1.807) is 30.5 Å². The van der Waals surface area contributed by atoms with Gasteiger partial charge < -0.3 is 9.72 Å². The van der Waals surface area contributed by atoms with Crippen LogP contribution in [0, 0.1) is 0 Å². The Morgan fingerprint density at radius 2 is 1.69 bits per heavy atom. The van der Waals surface area contributed by atoms with Crippen molar-refractivity contribution in [2.24, 2.45) is 0 Å². The first-order valence-corrected chi connectivity index (χ1v) is 9.38. The zero-order chi connectivity index (χ0) is 18.7. The van der Waals surface area contributed by atoms with Crippen molar-refractivity contribution in [1.29, 1.82) is 0 Å². The quantitative estimate of drug-likeness (QED) is 0.490. The Hall–Kier alpha value is -2.32. The van der Waals surface area contributed by atoms with Crippen LogP contribution in [-0.4, -0.2) is 23.4 Å². The fourth-order valence-corrected chi connectivity index (χ4v) is 3.11. The van der Waals surface area contributed by atoms with Crippen molar-refractivity contribution < 1.29 is 14.3 Å². The van der Waals surface area contributed by atoms with Crippen LogP contribution < -0.4 is 15.6 Å². The molecule has 0 radical (unpaired) electrons. The molecule has 0 saturated heterocycles. The van der Waals surface area contributed by atoms with Gasteiger partial charge in [-0.3, -0.25) is 20.4 Å². The number of nitrogens with one attached hydrogen (secondary N) is 3. The number of H-pyrrole nitrogens is 1. The average Bonchev–Trinajstić information content (AvgIpc) is 3.03. The van der Waals surface area contributed by atoms with Gasteiger partial charge >= 0.3 is 0 Å². The number of benzene rings is 2. The van der Waals surface area contributed by atoms with Crippen molar-refractivity contribution in [3.05, 3.63) is 62.7 Å². The molecule has 8 heteroatoms. The zero-order valence-electron chi connectivity index (χ0n) is 13.7. The van der Waals surface area contributed by atoms with Crippen LogP contribution in [0.15, 0.2) is 51.5 Å². The number of amides is 2. The highest BCUT2D eigenvalue weighted by Crippen LogP contribution is 2.30. The summed E-state index contributed by atoms with van der Waals surface area (Å²) in [5, 5.41) is 0.743. The number of hydrogen-bond donors (Lipinski definition) is 3. The number of carbonyl (C=O) groups is 2. The number of hydrogen-bond acceptors (Lipinski definition) is 3. The van der Waals surface area contributed by atoms with Gasteiger partial charge in [-0.15, -0.1) is 0 Å². The summed E-state index contributed by atoms with van der Waals surface area (Å²) in [5.41, 5.74) is 6.50. The van der Waals surface area contributed by atoms with Gasteiger partial charge in [0.25, 0.3) is 11.8 Å². The van der Waals surface area contributed by atoms with E-state index in [2.05, 4.69) is 47.7 Å². The number of aromatic amines is 1. The number of ether oxygens (including phenoxy) is 1. The number of hydrazine groups is 1. The fraction of sp³-hybridized carbons (Fsp3) is 0.111. The van der Waals surface area contributed by atoms with Crippen molar-refractivity contribution in [2.75, 3.05) is 6.61 Å². The van der Waals surface area contributed by atoms with Crippen LogP contribution in [0.5, 0.6) is 5.75 Å². The van der Waals surface area contributed by atoms with Gasteiger partial charge in [0.05, 0.1) is 12.2 Å². The Morgan fingerprint density at radius 3 is 2.38 bits per heavy atom. The zero-order valence-corrected chi connectivity index (χ0v) is 16.9. The lowest BCUT2D eigenvalue weighted by atomic mass is 10.1. The molecule has 3 rings (SSSR count). The monoisotopic (exact) mass is 479 g/mol. The van der Waals surface area contributed by atoms with Crippen LogP contribution in [0.3, 0.4) is 0 Å². The van der Waals surface area contributed by atoms with Crippen molar-refractivity contribution >= 4 is 54.6 Å². The van der Waals surface area contributed by atoms with E-state index in [9.17, 15) is 9.59 Å². The third-order valence-electron chi connectivity index (χ3n) is 3.68. The molecule has 0 fully saturated rings. The first-order valence-electron chi connectivity index (χ1n) is 7.79. The summed E-state index contributed by atoms with van der Waals surface area (Å²) in [4.78, 5) is 27.6. The van der Waals surface area contributed by atoms with Gasteiger partial charge in [0.15, 0.2) is 0 Å². The molecule has 2 aromatic carbocycles. The molecule has 0 unspecified atom stereocenters. The van der Waals surface area contributed by atoms with E-state index in [-0.39, 0.29) is 0 Å². The Balaban J connectivity index is 1.68. The molecule has 0 aliphatic rings. The largest absolute Gasteiger partial charge is 0.494 e. The lowest BCUT2D eigenvalue weighted by Gasteiger charge is -2.08. The summed E-state index contributed by atoms with van der Waals surface area (Å²) in [5.74, 6) is -0.140. The molecule has 6 nitrogen and oxygen atoms in total. The molecule has 134 valence electrons. The molecule has 0 saturated carbocycles. The fourth-order valence-electron chi connectivity index (χ4n) is 2.43. The minimum atomic E-state index is -0.412. The van der Waals surface area contributed by atoms with Crippen LogP contribution in [-0.2, 0) is 0 Å². The van der Waals surface area contributed by atoms with Crippen LogP contribution in [0.2, 0.25) is 0 Å². The Labute approximate surface area is 166 Å². The molecular weight excluding hydrogens is 466 g/mol. The summed E-state index contributed by atoms with van der Waals surface area (Å²) in [6.45, 7) is 2.44. The maximum Gasteiger partial charge on any atom is 0.271 e. The van der Waals surface area contributed by atoms with Gasteiger partial charge in [-0.25, -0.2) is 0 Å². The van der Waals surface area contributed by atoms with E-state index in [1.807, 2.05) is 19.1 Å². The summed E-state index contributed by atoms with van der Waals surface area (Å²) >= 11 is 6.84. The summed E-state index contributed by atoms with van der Waals surface area (Å²) < 4.78 is 7.04. The second kappa shape index (κ2) is 7.92. The average molecular weight is 481 g/mol. The molecule has 1 heterocycles. The van der Waals surface area contributed by atoms with Gasteiger partial charge in [0, 0.05) is 31.6 Å². The molecule has 1 aromatic heterocycles. The SMILES string of the molecule is CCOc1ccc(C(=O)NNC(=O)c2c[nH]c3cc(Br)c(Br)cc23)cc1. The van der Waals surface area contributed by atoms with Gasteiger partial charge in [-0.2, -0.15) is 0 Å². The van der Waals surface area contributed by atoms with Crippen molar-refractivity contribution in [2.45, 2.75) is 6.92 Å². The standard InChI is InChI=1S/C18H15Br2N3O3/c1-2-26-11-5-3-10(4-6-11)17(24)22-23-18(25)13-9-21-16-8-15(20)14(19)7-12(13)16/h3-9,21H,2H2,1H3,(H,22,24)(H,23,25). The van der Waals surface area contributed by atoms with Gasteiger partial charge in [0.2, 0.25) is 0 Å². The Kier molecular flexibility index (Phi) is 5.63. The highest BCUT2D eigenvalue weighted by molar-refractivity contribution is 9.13. The maximum atomic E-state index is 12.4. The second-order valence-corrected chi connectivity index (χ2v) is 7.09. The molecule has 3 N–H and O–H groups in total. The van der Waals surface area contributed by atoms with Crippen LogP contribution in [0.4, 0.5) is 0 Å². The number of rotatable bonds is 4. The van der Waals surface area contributed by atoms with Crippen LogP contribution in [0.25, 0.3) is 10.9 Å². The normalized spacial score (nSPS) is 10.6. The number of aromatic nitrogens is 1. The smallest absolute Gasteiger partial charge is 0.271 e. The predicted molar refractivity (Wildman–Crippen MR) is 106 cm³/mol. The Morgan fingerprint density at radius 1 is 1.04 bits per heavy atom. The summed E-state index contributed by atoms with van der Waals surface area (Å²) in [7, 11) is 0. The maximum absolute atomic E-state index is 12.4. The number of halogens is 2. The molecule has 0 aliphatic carbocycles. The van der Waals surface area contributed by atoms with Crippen molar-refractivity contribution in [3.8, 4) is 5.75 Å². The number of carbonyl (C=O) groups excluding carboxylic acids is 2. The van der Waals surface area contributed by atoms with E-state index >= 15 is 0 Å². The highest BCUT2D eigenvalue weighted by Gasteiger charge is 2.15. The van der Waals surface area contributed by atoms with E-state index in [1.165, 1.54) is 0 Å². The van der Waals surface area contributed by atoms with Crippen LogP contribution >= 0.6 is 31.9 Å². The minimum absolute atomic E-state index is 0.412. The van der Waals surface area contributed by atoms with Crippen molar-refractivity contribution in [1.82, 2.24) is 15.8 Å². The summed E-state index contributed by atoms with van der Waals surface area (Å²) in [6, 6.07) is 10.4. The van der Waals surface area contributed by atoms with E-state index in [4.69, 9.17) is 4.74 Å². The van der Waals surface area contributed by atoms with E-state index < -0.39 is 11.8 Å². The Bertz CT molecular complexity index is 968. The lowest BCUT2D eigenvalue weighted by Crippen LogP contribution is -2.41. The van der Waals surface area contributed by atoms with Crippen LogP contribution in [0.1, 0.15) is 27.6 Å². The van der Waals surface area contributed by atoms with Crippen molar-refractivity contribution in [3.63, 3.8) is 0 Å². The van der Waals surface area contributed by atoms with Gasteiger partial charge in [-0.1, -0.05) is 0 Å². The molecule has 26 heavy (non-hydrogen) atoms. The molecule has 0 spiro atoms. The summed E-state index contributed by atoms with van der Waals surface area (Å²) in [6.07, 6.45) is 1.60. The molecule has 0 aliphatic heterocycles. The third kappa shape index (κ3) is 3.91. The second-order valence-electron chi connectivity index (χ2n) is 5.38. The molecular formula is C18H15Br2N3O3. The molecule has 3 aromatic rings. The molecule has 2 amide bonds. The number of fused-ring (bicyclic) bond motifs is 1. The van der Waals surface area contributed by atoms with E-state index in [0.717, 1.165) is 19.8 Å². The van der Waals surface area contributed by atoms with Gasteiger partial charge in [-0.05, 0) is 75.2 Å². The lowest BCUT2D eigenvalue weighted by molar-refractivity contribution is 0.0847. The topological polar surface area (TPSA) is 83.2 Å². The minimum Gasteiger partial charge on any atom is -0.494 e. The highest BCUT2D eigenvalue weighted by atomic mass is 79.9. The molecule has 0 atom stereocenters.